The largest absolute Gasteiger partial charge is 0.214 e. The van der Waals surface area contributed by atoms with Crippen molar-refractivity contribution in [2.24, 2.45) is 0 Å². The number of hydrogen-bond acceptors (Lipinski definition) is 2. The van der Waals surface area contributed by atoms with Crippen LogP contribution in [0, 0.1) is 0 Å². The fourth-order valence-corrected chi connectivity index (χ4v) is 2.77. The molecule has 0 saturated heterocycles. The lowest BCUT2D eigenvalue weighted by atomic mass is 10.2. The zero-order valence-electron chi connectivity index (χ0n) is 8.11. The molecule has 0 bridgehead atoms. The average molecular weight is 246 g/mol. The second kappa shape index (κ2) is 4.12. The van der Waals surface area contributed by atoms with Gasteiger partial charge in [0.05, 0.1) is 5.25 Å². The maximum absolute atomic E-state index is 11.5. The van der Waals surface area contributed by atoms with Crippen molar-refractivity contribution in [1.29, 1.82) is 0 Å². The Morgan fingerprint density at radius 1 is 1.27 bits per heavy atom. The molecule has 0 radical (unpaired) electrons. The lowest BCUT2D eigenvalue weighted by molar-refractivity contribution is 0.580. The van der Waals surface area contributed by atoms with E-state index in [0.29, 0.717) is 11.6 Å². The minimum Gasteiger partial charge on any atom is -0.212 e. The SMILES string of the molecule is O=S(=O)(NCc1ccc(Cl)cc1)C1CC1. The standard InChI is InChI=1S/C10H12ClNO2S/c11-9-3-1-8(2-4-9)7-12-15(13,14)10-5-6-10/h1-4,10,12H,5-7H2. The Morgan fingerprint density at radius 2 is 1.87 bits per heavy atom. The van der Waals surface area contributed by atoms with Crippen molar-refractivity contribution in [1.82, 2.24) is 4.72 Å². The first-order chi connectivity index (χ1) is 7.08. The molecule has 15 heavy (non-hydrogen) atoms. The predicted octanol–water partition coefficient (Wildman–Crippen LogP) is 1.92. The summed E-state index contributed by atoms with van der Waals surface area (Å²) in [4.78, 5) is 0. The van der Waals surface area contributed by atoms with Gasteiger partial charge in [-0.1, -0.05) is 23.7 Å². The summed E-state index contributed by atoms with van der Waals surface area (Å²) >= 11 is 5.72. The Morgan fingerprint density at radius 3 is 2.40 bits per heavy atom. The van der Waals surface area contributed by atoms with Gasteiger partial charge in [-0.2, -0.15) is 0 Å². The predicted molar refractivity (Wildman–Crippen MR) is 60.2 cm³/mol. The number of halogens is 1. The van der Waals surface area contributed by atoms with E-state index in [-0.39, 0.29) is 5.25 Å². The van der Waals surface area contributed by atoms with Crippen LogP contribution in [0.3, 0.4) is 0 Å². The highest BCUT2D eigenvalue weighted by Gasteiger charge is 2.35. The molecule has 3 nitrogen and oxygen atoms in total. The molecule has 0 atom stereocenters. The fraction of sp³-hybridized carbons (Fsp3) is 0.400. The van der Waals surface area contributed by atoms with E-state index in [1.807, 2.05) is 12.1 Å². The summed E-state index contributed by atoms with van der Waals surface area (Å²) in [5.41, 5.74) is 0.920. The van der Waals surface area contributed by atoms with Crippen LogP contribution < -0.4 is 4.72 Å². The second-order valence-corrected chi connectivity index (χ2v) is 6.17. The van der Waals surface area contributed by atoms with Crippen LogP contribution in [-0.2, 0) is 16.6 Å². The molecule has 0 heterocycles. The zero-order chi connectivity index (χ0) is 10.9. The number of sulfonamides is 1. The summed E-state index contributed by atoms with van der Waals surface area (Å²) in [6, 6.07) is 7.14. The summed E-state index contributed by atoms with van der Waals surface area (Å²) in [7, 11) is -3.08. The highest BCUT2D eigenvalue weighted by atomic mass is 35.5. The third-order valence-corrected chi connectivity index (χ3v) is 4.50. The lowest BCUT2D eigenvalue weighted by Crippen LogP contribution is -2.26. The van der Waals surface area contributed by atoms with Gasteiger partial charge in [-0.3, -0.25) is 0 Å². The summed E-state index contributed by atoms with van der Waals surface area (Å²) in [6.45, 7) is 0.343. The monoisotopic (exact) mass is 245 g/mol. The van der Waals surface area contributed by atoms with E-state index >= 15 is 0 Å². The Labute approximate surface area is 94.5 Å². The number of rotatable bonds is 4. The Bertz CT molecular complexity index is 437. The molecule has 1 fully saturated rings. The van der Waals surface area contributed by atoms with Crippen molar-refractivity contribution < 1.29 is 8.42 Å². The molecule has 0 aromatic heterocycles. The van der Waals surface area contributed by atoms with Crippen LogP contribution in [0.5, 0.6) is 0 Å². The van der Waals surface area contributed by atoms with E-state index in [9.17, 15) is 8.42 Å². The summed E-state index contributed by atoms with van der Waals surface area (Å²) < 4.78 is 25.6. The summed E-state index contributed by atoms with van der Waals surface area (Å²) in [5, 5.41) is 0.494. The normalized spacial score (nSPS) is 16.6. The van der Waals surface area contributed by atoms with Crippen LogP contribution in [0.4, 0.5) is 0 Å². The Balaban J connectivity index is 1.95. The van der Waals surface area contributed by atoms with Crippen LogP contribution in [0.1, 0.15) is 18.4 Å². The van der Waals surface area contributed by atoms with Gasteiger partial charge in [-0.05, 0) is 30.5 Å². The van der Waals surface area contributed by atoms with Gasteiger partial charge in [0.1, 0.15) is 0 Å². The lowest BCUT2D eigenvalue weighted by Gasteiger charge is -2.05. The third kappa shape index (κ3) is 2.93. The molecule has 0 aliphatic heterocycles. The van der Waals surface area contributed by atoms with Crippen molar-refractivity contribution in [3.63, 3.8) is 0 Å². The first-order valence-corrected chi connectivity index (χ1v) is 6.73. The van der Waals surface area contributed by atoms with Crippen LogP contribution >= 0.6 is 11.6 Å². The van der Waals surface area contributed by atoms with E-state index in [4.69, 9.17) is 11.6 Å². The van der Waals surface area contributed by atoms with Gasteiger partial charge in [0.2, 0.25) is 10.0 Å². The first-order valence-electron chi connectivity index (χ1n) is 4.81. The van der Waals surface area contributed by atoms with E-state index in [1.54, 1.807) is 12.1 Å². The maximum atomic E-state index is 11.5. The molecule has 1 aromatic carbocycles. The van der Waals surface area contributed by atoms with Gasteiger partial charge in [0.15, 0.2) is 0 Å². The summed E-state index contributed by atoms with van der Waals surface area (Å²) in [6.07, 6.45) is 1.58. The van der Waals surface area contributed by atoms with Gasteiger partial charge in [-0.15, -0.1) is 0 Å². The van der Waals surface area contributed by atoms with Gasteiger partial charge in [0, 0.05) is 11.6 Å². The minimum absolute atomic E-state index is 0.162. The molecular weight excluding hydrogens is 234 g/mol. The maximum Gasteiger partial charge on any atom is 0.214 e. The van der Waals surface area contributed by atoms with E-state index in [2.05, 4.69) is 4.72 Å². The molecule has 2 rings (SSSR count). The van der Waals surface area contributed by atoms with Crippen LogP contribution in [0.2, 0.25) is 5.02 Å². The molecule has 82 valence electrons. The van der Waals surface area contributed by atoms with Crippen molar-refractivity contribution in [3.05, 3.63) is 34.9 Å². The van der Waals surface area contributed by atoms with Gasteiger partial charge in [0.25, 0.3) is 0 Å². The molecule has 5 heteroatoms. The average Bonchev–Trinajstić information content (AvgIpc) is 3.00. The van der Waals surface area contributed by atoms with Gasteiger partial charge < -0.3 is 0 Å². The first kappa shape index (κ1) is 10.9. The van der Waals surface area contributed by atoms with Crippen molar-refractivity contribution >= 4 is 21.6 Å². The zero-order valence-corrected chi connectivity index (χ0v) is 9.68. The second-order valence-electron chi connectivity index (χ2n) is 3.69. The molecular formula is C10H12ClNO2S. The van der Waals surface area contributed by atoms with E-state index in [1.165, 1.54) is 0 Å². The Kier molecular flexibility index (Phi) is 3.00. The van der Waals surface area contributed by atoms with E-state index < -0.39 is 10.0 Å². The van der Waals surface area contributed by atoms with Crippen LogP contribution in [-0.4, -0.2) is 13.7 Å². The molecule has 1 N–H and O–H groups in total. The number of nitrogens with one attached hydrogen (secondary N) is 1. The van der Waals surface area contributed by atoms with Crippen LogP contribution in [0.15, 0.2) is 24.3 Å². The van der Waals surface area contributed by atoms with Crippen molar-refractivity contribution in [3.8, 4) is 0 Å². The van der Waals surface area contributed by atoms with Crippen molar-refractivity contribution in [2.45, 2.75) is 24.6 Å². The quantitative estimate of drug-likeness (QED) is 0.881. The van der Waals surface area contributed by atoms with Crippen LogP contribution in [0.25, 0.3) is 0 Å². The number of benzene rings is 1. The van der Waals surface area contributed by atoms with Gasteiger partial charge >= 0.3 is 0 Å². The molecule has 0 spiro atoms. The smallest absolute Gasteiger partial charge is 0.212 e. The summed E-state index contributed by atoms with van der Waals surface area (Å²) in [5.74, 6) is 0. The third-order valence-electron chi connectivity index (χ3n) is 2.35. The van der Waals surface area contributed by atoms with Gasteiger partial charge in [-0.25, -0.2) is 13.1 Å². The Hall–Kier alpha value is -0.580. The fourth-order valence-electron chi connectivity index (χ4n) is 1.28. The molecule has 0 amide bonds. The molecule has 0 unspecified atom stereocenters. The number of hydrogen-bond donors (Lipinski definition) is 1. The van der Waals surface area contributed by atoms with E-state index in [0.717, 1.165) is 18.4 Å². The molecule has 1 aromatic rings. The highest BCUT2D eigenvalue weighted by molar-refractivity contribution is 7.90. The minimum atomic E-state index is -3.08. The highest BCUT2D eigenvalue weighted by Crippen LogP contribution is 2.27. The van der Waals surface area contributed by atoms with Crippen molar-refractivity contribution in [2.75, 3.05) is 0 Å². The molecule has 1 aliphatic carbocycles. The molecule has 1 aliphatic rings. The topological polar surface area (TPSA) is 46.2 Å². The molecule has 1 saturated carbocycles.